The largest absolute Gasteiger partial charge is 0.288 e. The average Bonchev–Trinajstić information content (AvgIpc) is 2.30. The molecule has 0 bridgehead atoms. The molecule has 0 heterocycles. The van der Waals surface area contributed by atoms with Gasteiger partial charge in [0.15, 0.2) is 0 Å². The maximum atomic E-state index is 11.6. The van der Waals surface area contributed by atoms with Crippen LogP contribution in [0.2, 0.25) is 0 Å². The predicted molar refractivity (Wildman–Crippen MR) is 68.0 cm³/mol. The van der Waals surface area contributed by atoms with Gasteiger partial charge in [-0.25, -0.2) is 0 Å². The Hall–Kier alpha value is -0.860. The Morgan fingerprint density at radius 2 is 1.75 bits per heavy atom. The Bertz CT molecular complexity index is 204. The molecule has 0 aliphatic heterocycles. The van der Waals surface area contributed by atoms with Crippen molar-refractivity contribution in [2.24, 2.45) is 11.8 Å². The number of hydrogen-bond donors (Lipinski definition) is 0. The summed E-state index contributed by atoms with van der Waals surface area (Å²) in [6, 6.07) is 0. The van der Waals surface area contributed by atoms with Gasteiger partial charge in [-0.1, -0.05) is 41.0 Å². The highest BCUT2D eigenvalue weighted by Gasteiger charge is 2.29. The summed E-state index contributed by atoms with van der Waals surface area (Å²) in [7, 11) is 1.54. The Kier molecular flexibility index (Phi) is 10.3. The first-order valence-corrected chi connectivity index (χ1v) is 5.88. The fourth-order valence-electron chi connectivity index (χ4n) is 2.00. The highest BCUT2D eigenvalue weighted by atomic mass is 16.2. The molecule has 0 aromatic rings. The van der Waals surface area contributed by atoms with Gasteiger partial charge in [-0.15, -0.1) is 0 Å². The van der Waals surface area contributed by atoms with Gasteiger partial charge in [0.1, 0.15) is 0 Å². The quantitative estimate of drug-likeness (QED) is 0.682. The molecule has 1 rings (SSSR count). The summed E-state index contributed by atoms with van der Waals surface area (Å²) in [5.74, 6) is 0.495. The first kappa shape index (κ1) is 17.5. The summed E-state index contributed by atoms with van der Waals surface area (Å²) < 4.78 is 0. The van der Waals surface area contributed by atoms with Crippen molar-refractivity contribution in [3.05, 3.63) is 0 Å². The van der Waals surface area contributed by atoms with E-state index in [1.165, 1.54) is 18.4 Å². The van der Waals surface area contributed by atoms with Gasteiger partial charge in [-0.3, -0.25) is 14.5 Å². The first-order valence-electron chi connectivity index (χ1n) is 5.88. The predicted octanol–water partition coefficient (Wildman–Crippen LogP) is 3.09. The lowest BCUT2D eigenvalue weighted by Crippen LogP contribution is -2.36. The van der Waals surface area contributed by atoms with Crippen LogP contribution in [0.4, 0.5) is 0 Å². The molecule has 0 saturated heterocycles. The number of carbonyl (C=O) groups is 2. The molecule has 0 N–H and O–H groups in total. The normalized spacial score (nSPS) is 23.2. The van der Waals surface area contributed by atoms with Crippen LogP contribution in [0.5, 0.6) is 0 Å². The van der Waals surface area contributed by atoms with Gasteiger partial charge in [-0.2, -0.15) is 0 Å². The van der Waals surface area contributed by atoms with Crippen molar-refractivity contribution in [1.29, 1.82) is 0 Å². The molecular weight excluding hydrogens is 202 g/mol. The summed E-state index contributed by atoms with van der Waals surface area (Å²) in [6.45, 7) is 6.10. The van der Waals surface area contributed by atoms with Gasteiger partial charge < -0.3 is 0 Å². The molecule has 0 radical (unpaired) electrons. The van der Waals surface area contributed by atoms with E-state index in [0.29, 0.717) is 12.3 Å². The Labute approximate surface area is 100 Å². The number of hydrogen-bond acceptors (Lipinski definition) is 2. The van der Waals surface area contributed by atoms with E-state index < -0.39 is 0 Å². The molecule has 96 valence electrons. The monoisotopic (exact) mass is 229 g/mol. The minimum Gasteiger partial charge on any atom is -0.288 e. The molecule has 2 unspecified atom stereocenters. The Morgan fingerprint density at radius 3 is 2.19 bits per heavy atom. The van der Waals surface area contributed by atoms with Crippen molar-refractivity contribution in [2.45, 2.75) is 53.9 Å². The molecule has 0 aromatic heterocycles. The zero-order chi connectivity index (χ0) is 11.8. The fourth-order valence-corrected chi connectivity index (χ4v) is 2.00. The van der Waals surface area contributed by atoms with Crippen molar-refractivity contribution in [1.82, 2.24) is 4.90 Å². The molecule has 0 spiro atoms. The van der Waals surface area contributed by atoms with Crippen LogP contribution in [0.15, 0.2) is 0 Å². The average molecular weight is 229 g/mol. The smallest absolute Gasteiger partial charge is 0.232 e. The zero-order valence-electron chi connectivity index (χ0n) is 10.3. The van der Waals surface area contributed by atoms with Gasteiger partial charge in [0.05, 0.1) is 0 Å². The van der Waals surface area contributed by atoms with Gasteiger partial charge >= 0.3 is 0 Å². The van der Waals surface area contributed by atoms with Crippen LogP contribution in [0, 0.1) is 11.8 Å². The molecule has 1 saturated carbocycles. The summed E-state index contributed by atoms with van der Waals surface area (Å²) >= 11 is 0. The maximum Gasteiger partial charge on any atom is 0.232 e. The van der Waals surface area contributed by atoms with Crippen LogP contribution in [-0.4, -0.2) is 24.3 Å². The van der Waals surface area contributed by atoms with Crippen LogP contribution in [-0.2, 0) is 9.59 Å². The third-order valence-corrected chi connectivity index (χ3v) is 2.93. The van der Waals surface area contributed by atoms with Gasteiger partial charge in [0.2, 0.25) is 12.3 Å². The molecule has 2 atom stereocenters. The molecule has 2 amide bonds. The van der Waals surface area contributed by atoms with Crippen LogP contribution in [0.1, 0.15) is 53.9 Å². The van der Waals surface area contributed by atoms with E-state index in [2.05, 4.69) is 6.92 Å². The van der Waals surface area contributed by atoms with E-state index in [4.69, 9.17) is 0 Å². The lowest BCUT2D eigenvalue weighted by Gasteiger charge is -2.29. The SMILES string of the molecule is C.CC.CC1CCCCC1C(=O)N(C)C=O. The zero-order valence-corrected chi connectivity index (χ0v) is 10.3. The number of nitrogens with zero attached hydrogens (tertiary/aromatic N) is 1. The van der Waals surface area contributed by atoms with Crippen molar-refractivity contribution >= 4 is 12.3 Å². The first-order chi connectivity index (χ1) is 7.16. The molecule has 0 aromatic carbocycles. The van der Waals surface area contributed by atoms with Crippen LogP contribution < -0.4 is 0 Å². The Morgan fingerprint density at radius 1 is 1.25 bits per heavy atom. The van der Waals surface area contributed by atoms with Gasteiger partial charge in [-0.05, 0) is 18.8 Å². The number of carbonyl (C=O) groups excluding carboxylic acids is 2. The second-order valence-electron chi connectivity index (χ2n) is 3.92. The molecule has 1 aliphatic rings. The number of rotatable bonds is 2. The number of imide groups is 1. The molecule has 1 aliphatic carbocycles. The fraction of sp³-hybridized carbons (Fsp3) is 0.846. The maximum absolute atomic E-state index is 11.6. The van der Waals surface area contributed by atoms with Crippen molar-refractivity contribution in [3.63, 3.8) is 0 Å². The molecule has 3 nitrogen and oxygen atoms in total. The van der Waals surface area contributed by atoms with Crippen LogP contribution in [0.3, 0.4) is 0 Å². The van der Waals surface area contributed by atoms with Crippen molar-refractivity contribution < 1.29 is 9.59 Å². The Balaban J connectivity index is 0. The van der Waals surface area contributed by atoms with Crippen molar-refractivity contribution in [3.8, 4) is 0 Å². The standard InChI is InChI=1S/C10H17NO2.C2H6.CH4/c1-8-5-3-4-6-9(8)10(13)11(2)7-12;1-2;/h7-9H,3-6H2,1-2H3;1-2H3;1H4. The van der Waals surface area contributed by atoms with E-state index in [9.17, 15) is 9.59 Å². The topological polar surface area (TPSA) is 37.4 Å². The third kappa shape index (κ3) is 4.77. The number of amides is 2. The van der Waals surface area contributed by atoms with E-state index in [-0.39, 0.29) is 19.3 Å². The van der Waals surface area contributed by atoms with E-state index in [1.807, 2.05) is 13.8 Å². The van der Waals surface area contributed by atoms with E-state index >= 15 is 0 Å². The second-order valence-corrected chi connectivity index (χ2v) is 3.92. The highest BCUT2D eigenvalue weighted by molar-refractivity contribution is 5.87. The second kappa shape index (κ2) is 9.37. The summed E-state index contributed by atoms with van der Waals surface area (Å²) in [6.07, 6.45) is 4.99. The van der Waals surface area contributed by atoms with Gasteiger partial charge in [0.25, 0.3) is 0 Å². The lowest BCUT2D eigenvalue weighted by molar-refractivity contribution is -0.141. The summed E-state index contributed by atoms with van der Waals surface area (Å²) in [5, 5.41) is 0. The molecule has 1 fully saturated rings. The molecular formula is C13H27NO2. The van der Waals surface area contributed by atoms with E-state index in [1.54, 1.807) is 0 Å². The minimum atomic E-state index is -0.0119. The minimum absolute atomic E-state index is 0. The van der Waals surface area contributed by atoms with Crippen molar-refractivity contribution in [2.75, 3.05) is 7.05 Å². The summed E-state index contributed by atoms with van der Waals surface area (Å²) in [4.78, 5) is 23.2. The lowest BCUT2D eigenvalue weighted by atomic mass is 9.80. The molecule has 16 heavy (non-hydrogen) atoms. The van der Waals surface area contributed by atoms with Crippen LogP contribution >= 0.6 is 0 Å². The highest BCUT2D eigenvalue weighted by Crippen LogP contribution is 2.30. The summed E-state index contributed by atoms with van der Waals surface area (Å²) in [5.41, 5.74) is 0. The van der Waals surface area contributed by atoms with Crippen LogP contribution in [0.25, 0.3) is 0 Å². The van der Waals surface area contributed by atoms with Gasteiger partial charge in [0, 0.05) is 13.0 Å². The third-order valence-electron chi connectivity index (χ3n) is 2.93. The van der Waals surface area contributed by atoms with E-state index in [0.717, 1.165) is 19.3 Å². The molecule has 3 heteroatoms.